The number of benzene rings is 1. The Morgan fingerprint density at radius 3 is 2.59 bits per heavy atom. The SMILES string of the molecule is CCCS(=O)(=O)CCNCc1ccccc1F. The molecule has 0 fully saturated rings. The average Bonchev–Trinajstić information content (AvgIpc) is 2.26. The summed E-state index contributed by atoms with van der Waals surface area (Å²) in [5, 5.41) is 2.94. The Balaban J connectivity index is 2.32. The van der Waals surface area contributed by atoms with E-state index in [1.54, 1.807) is 18.2 Å². The highest BCUT2D eigenvalue weighted by Gasteiger charge is 2.08. The molecule has 1 N–H and O–H groups in total. The van der Waals surface area contributed by atoms with Gasteiger partial charge in [-0.25, -0.2) is 12.8 Å². The normalized spacial score (nSPS) is 11.6. The summed E-state index contributed by atoms with van der Waals surface area (Å²) in [6, 6.07) is 6.46. The van der Waals surface area contributed by atoms with E-state index in [0.717, 1.165) is 0 Å². The molecule has 3 nitrogen and oxygen atoms in total. The van der Waals surface area contributed by atoms with Crippen molar-refractivity contribution in [2.45, 2.75) is 19.9 Å². The van der Waals surface area contributed by atoms with Crippen molar-refractivity contribution in [2.24, 2.45) is 0 Å². The van der Waals surface area contributed by atoms with Gasteiger partial charge in [-0.05, 0) is 12.5 Å². The lowest BCUT2D eigenvalue weighted by atomic mass is 10.2. The Bertz CT molecular complexity index is 446. The molecule has 0 bridgehead atoms. The second-order valence-electron chi connectivity index (χ2n) is 3.92. The maximum absolute atomic E-state index is 13.2. The van der Waals surface area contributed by atoms with Crippen molar-refractivity contribution in [1.29, 1.82) is 0 Å². The molecule has 0 aliphatic rings. The molecule has 0 saturated heterocycles. The summed E-state index contributed by atoms with van der Waals surface area (Å²) in [7, 11) is -2.95. The lowest BCUT2D eigenvalue weighted by molar-refractivity contribution is 0.581. The minimum absolute atomic E-state index is 0.106. The van der Waals surface area contributed by atoms with Crippen LogP contribution in [0.15, 0.2) is 24.3 Å². The topological polar surface area (TPSA) is 46.2 Å². The van der Waals surface area contributed by atoms with Gasteiger partial charge in [-0.2, -0.15) is 0 Å². The summed E-state index contributed by atoms with van der Waals surface area (Å²) in [5.74, 6) is 0.0559. The van der Waals surface area contributed by atoms with E-state index in [9.17, 15) is 12.8 Å². The molecule has 5 heteroatoms. The van der Waals surface area contributed by atoms with Crippen molar-refractivity contribution in [2.75, 3.05) is 18.1 Å². The van der Waals surface area contributed by atoms with Gasteiger partial charge in [0, 0.05) is 24.4 Å². The molecule has 0 heterocycles. The van der Waals surface area contributed by atoms with Crippen molar-refractivity contribution in [3.63, 3.8) is 0 Å². The van der Waals surface area contributed by atoms with E-state index in [-0.39, 0.29) is 17.3 Å². The zero-order valence-electron chi connectivity index (χ0n) is 9.95. The van der Waals surface area contributed by atoms with Crippen LogP contribution in [-0.4, -0.2) is 26.5 Å². The van der Waals surface area contributed by atoms with Gasteiger partial charge in [0.15, 0.2) is 9.84 Å². The molecular weight excluding hydrogens is 241 g/mol. The predicted octanol–water partition coefficient (Wildman–Crippen LogP) is 1.74. The van der Waals surface area contributed by atoms with Gasteiger partial charge >= 0.3 is 0 Å². The first kappa shape index (κ1) is 14.1. The fourth-order valence-electron chi connectivity index (χ4n) is 1.51. The molecule has 0 atom stereocenters. The van der Waals surface area contributed by atoms with E-state index in [1.165, 1.54) is 6.07 Å². The van der Waals surface area contributed by atoms with Gasteiger partial charge in [0.05, 0.1) is 5.75 Å². The first-order chi connectivity index (χ1) is 8.05. The molecule has 0 aromatic heterocycles. The van der Waals surface area contributed by atoms with Crippen molar-refractivity contribution >= 4 is 9.84 Å². The van der Waals surface area contributed by atoms with Crippen molar-refractivity contribution in [1.82, 2.24) is 5.32 Å². The Hall–Kier alpha value is -0.940. The zero-order valence-corrected chi connectivity index (χ0v) is 10.8. The lowest BCUT2D eigenvalue weighted by Gasteiger charge is -2.06. The molecule has 1 rings (SSSR count). The molecule has 17 heavy (non-hydrogen) atoms. The summed E-state index contributed by atoms with van der Waals surface area (Å²) >= 11 is 0. The number of rotatable bonds is 7. The van der Waals surface area contributed by atoms with Crippen LogP contribution < -0.4 is 5.32 Å². The third kappa shape index (κ3) is 5.28. The van der Waals surface area contributed by atoms with E-state index >= 15 is 0 Å². The third-order valence-corrected chi connectivity index (χ3v) is 4.23. The Labute approximate surface area is 102 Å². The van der Waals surface area contributed by atoms with Crippen LogP contribution in [0.4, 0.5) is 4.39 Å². The Morgan fingerprint density at radius 2 is 1.94 bits per heavy atom. The first-order valence-electron chi connectivity index (χ1n) is 5.69. The number of halogens is 1. The first-order valence-corrected chi connectivity index (χ1v) is 7.52. The van der Waals surface area contributed by atoms with Crippen LogP contribution in [0.5, 0.6) is 0 Å². The van der Waals surface area contributed by atoms with Crippen molar-refractivity contribution in [3.05, 3.63) is 35.6 Å². The maximum atomic E-state index is 13.2. The molecular formula is C12H18FNO2S. The van der Waals surface area contributed by atoms with E-state index < -0.39 is 9.84 Å². The summed E-state index contributed by atoms with van der Waals surface area (Å²) in [6.45, 7) is 2.55. The molecule has 1 aromatic carbocycles. The maximum Gasteiger partial charge on any atom is 0.151 e. The highest BCUT2D eigenvalue weighted by molar-refractivity contribution is 7.91. The number of nitrogens with one attached hydrogen (secondary N) is 1. The zero-order chi connectivity index (χ0) is 12.7. The largest absolute Gasteiger partial charge is 0.312 e. The van der Waals surface area contributed by atoms with Crippen molar-refractivity contribution in [3.8, 4) is 0 Å². The second-order valence-corrected chi connectivity index (χ2v) is 6.22. The molecule has 0 radical (unpaired) electrons. The molecule has 0 amide bonds. The molecule has 0 unspecified atom stereocenters. The third-order valence-electron chi connectivity index (χ3n) is 2.38. The standard InChI is InChI=1S/C12H18FNO2S/c1-2-8-17(15,16)9-7-14-10-11-5-3-4-6-12(11)13/h3-6,14H,2,7-10H2,1H3. The van der Waals surface area contributed by atoms with Gasteiger partial charge in [0.1, 0.15) is 5.82 Å². The Morgan fingerprint density at radius 1 is 1.24 bits per heavy atom. The summed E-state index contributed by atoms with van der Waals surface area (Å²) < 4.78 is 36.0. The monoisotopic (exact) mass is 259 g/mol. The van der Waals surface area contributed by atoms with E-state index in [0.29, 0.717) is 25.1 Å². The van der Waals surface area contributed by atoms with Gasteiger partial charge in [0.2, 0.25) is 0 Å². The highest BCUT2D eigenvalue weighted by atomic mass is 32.2. The molecule has 0 saturated carbocycles. The summed E-state index contributed by atoms with van der Waals surface area (Å²) in [4.78, 5) is 0. The predicted molar refractivity (Wildman–Crippen MR) is 67.1 cm³/mol. The van der Waals surface area contributed by atoms with Crippen LogP contribution in [0.25, 0.3) is 0 Å². The second kappa shape index (κ2) is 6.71. The van der Waals surface area contributed by atoms with Gasteiger partial charge < -0.3 is 5.32 Å². The molecule has 96 valence electrons. The molecule has 0 spiro atoms. The van der Waals surface area contributed by atoms with Crippen LogP contribution >= 0.6 is 0 Å². The van der Waals surface area contributed by atoms with Crippen LogP contribution in [0.3, 0.4) is 0 Å². The number of hydrogen-bond donors (Lipinski definition) is 1. The van der Waals surface area contributed by atoms with E-state index in [2.05, 4.69) is 5.32 Å². The lowest BCUT2D eigenvalue weighted by Crippen LogP contribution is -2.24. The van der Waals surface area contributed by atoms with Gasteiger partial charge in [-0.1, -0.05) is 25.1 Å². The van der Waals surface area contributed by atoms with Crippen molar-refractivity contribution < 1.29 is 12.8 Å². The number of hydrogen-bond acceptors (Lipinski definition) is 3. The van der Waals surface area contributed by atoms with E-state index in [4.69, 9.17) is 0 Å². The average molecular weight is 259 g/mol. The van der Waals surface area contributed by atoms with Crippen LogP contribution in [-0.2, 0) is 16.4 Å². The summed E-state index contributed by atoms with van der Waals surface area (Å²) in [6.07, 6.45) is 0.635. The Kier molecular flexibility index (Phi) is 5.58. The van der Waals surface area contributed by atoms with Gasteiger partial charge in [0.25, 0.3) is 0 Å². The van der Waals surface area contributed by atoms with Crippen LogP contribution in [0, 0.1) is 5.82 Å². The molecule has 0 aliphatic heterocycles. The fraction of sp³-hybridized carbons (Fsp3) is 0.500. The minimum Gasteiger partial charge on any atom is -0.312 e. The van der Waals surface area contributed by atoms with E-state index in [1.807, 2.05) is 6.92 Å². The van der Waals surface area contributed by atoms with Crippen LogP contribution in [0.1, 0.15) is 18.9 Å². The van der Waals surface area contributed by atoms with Gasteiger partial charge in [-0.3, -0.25) is 0 Å². The molecule has 1 aromatic rings. The van der Waals surface area contributed by atoms with Gasteiger partial charge in [-0.15, -0.1) is 0 Å². The number of sulfone groups is 1. The highest BCUT2D eigenvalue weighted by Crippen LogP contribution is 2.05. The fourth-order valence-corrected chi connectivity index (χ4v) is 2.79. The quantitative estimate of drug-likeness (QED) is 0.759. The summed E-state index contributed by atoms with van der Waals surface area (Å²) in [5.41, 5.74) is 0.556. The minimum atomic E-state index is -2.95. The van der Waals surface area contributed by atoms with Crippen LogP contribution in [0.2, 0.25) is 0 Å². The smallest absolute Gasteiger partial charge is 0.151 e. The molecule has 0 aliphatic carbocycles.